The third-order valence-corrected chi connectivity index (χ3v) is 5.40. The van der Waals surface area contributed by atoms with Gasteiger partial charge >= 0.3 is 0 Å². The van der Waals surface area contributed by atoms with Crippen molar-refractivity contribution in [3.05, 3.63) is 28.3 Å². The van der Waals surface area contributed by atoms with Crippen LogP contribution in [0.3, 0.4) is 0 Å². The van der Waals surface area contributed by atoms with Gasteiger partial charge in [0, 0.05) is 39.0 Å². The summed E-state index contributed by atoms with van der Waals surface area (Å²) in [5.74, 6) is 0. The topological polar surface area (TPSA) is 102 Å². The molecule has 0 spiro atoms. The molecule has 1 saturated heterocycles. The van der Waals surface area contributed by atoms with Crippen LogP contribution in [0, 0.1) is 10.1 Å². The van der Waals surface area contributed by atoms with Gasteiger partial charge in [-0.3, -0.25) is 10.1 Å². The molecule has 9 heteroatoms. The van der Waals surface area contributed by atoms with Gasteiger partial charge in [-0.05, 0) is 18.6 Å². The number of hydrogen-bond donors (Lipinski definition) is 1. The standard InChI is InChI=1S/C12H17N3O5S/c1-13-9-3-4-11(15(16)17)12(7-9)21(18,19)14-6-5-10(8-14)20-2/h3-4,7,10,13H,5-6,8H2,1-2H3. The van der Waals surface area contributed by atoms with Crippen LogP contribution in [0.15, 0.2) is 23.1 Å². The Kier molecular flexibility index (Phi) is 4.45. The highest BCUT2D eigenvalue weighted by Gasteiger charge is 2.36. The van der Waals surface area contributed by atoms with E-state index in [1.807, 2.05) is 0 Å². The minimum atomic E-state index is -3.92. The number of benzene rings is 1. The maximum atomic E-state index is 12.6. The second kappa shape index (κ2) is 5.96. The van der Waals surface area contributed by atoms with Crippen LogP contribution in [0.5, 0.6) is 0 Å². The van der Waals surface area contributed by atoms with Crippen LogP contribution in [0.2, 0.25) is 0 Å². The van der Waals surface area contributed by atoms with E-state index in [4.69, 9.17) is 4.74 Å². The molecule has 1 aromatic rings. The van der Waals surface area contributed by atoms with Crippen LogP contribution in [0.25, 0.3) is 0 Å². The first-order valence-electron chi connectivity index (χ1n) is 6.39. The summed E-state index contributed by atoms with van der Waals surface area (Å²) in [5.41, 5.74) is 0.0801. The summed E-state index contributed by atoms with van der Waals surface area (Å²) in [6, 6.07) is 3.95. The van der Waals surface area contributed by atoms with Gasteiger partial charge in [-0.15, -0.1) is 0 Å². The fourth-order valence-electron chi connectivity index (χ4n) is 2.27. The van der Waals surface area contributed by atoms with Gasteiger partial charge in [0.1, 0.15) is 0 Å². The smallest absolute Gasteiger partial charge is 0.289 e. The first-order chi connectivity index (χ1) is 9.90. The molecule has 0 radical (unpaired) electrons. The van der Waals surface area contributed by atoms with Gasteiger partial charge in [-0.25, -0.2) is 8.42 Å². The monoisotopic (exact) mass is 315 g/mol. The summed E-state index contributed by atoms with van der Waals surface area (Å²) >= 11 is 0. The summed E-state index contributed by atoms with van der Waals surface area (Å²) in [5, 5.41) is 13.9. The average molecular weight is 315 g/mol. The molecule has 0 amide bonds. The molecule has 1 aliphatic rings. The fourth-order valence-corrected chi connectivity index (χ4v) is 3.94. The number of nitro benzene ring substituents is 1. The second-order valence-electron chi connectivity index (χ2n) is 4.70. The molecule has 0 aliphatic carbocycles. The van der Waals surface area contributed by atoms with Crippen molar-refractivity contribution in [2.24, 2.45) is 0 Å². The highest BCUT2D eigenvalue weighted by molar-refractivity contribution is 7.89. The lowest BCUT2D eigenvalue weighted by molar-refractivity contribution is -0.387. The van der Waals surface area contributed by atoms with Gasteiger partial charge in [0.15, 0.2) is 4.90 Å². The van der Waals surface area contributed by atoms with E-state index in [0.29, 0.717) is 18.7 Å². The van der Waals surface area contributed by atoms with E-state index in [-0.39, 0.29) is 17.5 Å². The zero-order valence-electron chi connectivity index (χ0n) is 11.8. The number of rotatable bonds is 5. The van der Waals surface area contributed by atoms with E-state index in [1.165, 1.54) is 29.6 Å². The Labute approximate surface area is 122 Å². The number of ether oxygens (including phenoxy) is 1. The Morgan fingerprint density at radius 2 is 2.19 bits per heavy atom. The van der Waals surface area contributed by atoms with Gasteiger partial charge in [0.05, 0.1) is 11.0 Å². The van der Waals surface area contributed by atoms with Gasteiger partial charge < -0.3 is 10.1 Å². The predicted octanol–water partition coefficient (Wildman–Crippen LogP) is 1.05. The molecule has 1 aliphatic heterocycles. The fraction of sp³-hybridized carbons (Fsp3) is 0.500. The molecular formula is C12H17N3O5S. The Balaban J connectivity index is 2.46. The van der Waals surface area contributed by atoms with E-state index in [1.54, 1.807) is 7.05 Å². The van der Waals surface area contributed by atoms with Crippen molar-refractivity contribution < 1.29 is 18.1 Å². The Hall–Kier alpha value is -1.71. The highest BCUT2D eigenvalue weighted by Crippen LogP contribution is 2.31. The SMILES string of the molecule is CNc1ccc([N+](=O)[O-])c(S(=O)(=O)N2CCC(OC)C2)c1. The lowest BCUT2D eigenvalue weighted by Gasteiger charge is -2.16. The van der Waals surface area contributed by atoms with Crippen molar-refractivity contribution in [3.63, 3.8) is 0 Å². The second-order valence-corrected chi connectivity index (χ2v) is 6.61. The molecule has 1 unspecified atom stereocenters. The largest absolute Gasteiger partial charge is 0.388 e. The maximum absolute atomic E-state index is 12.6. The van der Waals surface area contributed by atoms with Gasteiger partial charge in [-0.2, -0.15) is 4.31 Å². The third-order valence-electron chi connectivity index (χ3n) is 3.50. The molecule has 0 bridgehead atoms. The Morgan fingerprint density at radius 3 is 2.71 bits per heavy atom. The summed E-state index contributed by atoms with van der Waals surface area (Å²) in [6.07, 6.45) is 0.404. The lowest BCUT2D eigenvalue weighted by atomic mass is 10.3. The first-order valence-corrected chi connectivity index (χ1v) is 7.83. The minimum Gasteiger partial charge on any atom is -0.388 e. The molecule has 1 aromatic carbocycles. The van der Waals surface area contributed by atoms with Crippen LogP contribution in [0.4, 0.5) is 11.4 Å². The summed E-state index contributed by atoms with van der Waals surface area (Å²) in [7, 11) is -0.780. The third kappa shape index (κ3) is 2.99. The number of hydrogen-bond acceptors (Lipinski definition) is 6. The molecule has 1 fully saturated rings. The quantitative estimate of drug-likeness (QED) is 0.643. The van der Waals surface area contributed by atoms with Gasteiger partial charge in [0.25, 0.3) is 5.69 Å². The first kappa shape index (κ1) is 15.7. The van der Waals surface area contributed by atoms with Crippen molar-refractivity contribution >= 4 is 21.4 Å². The average Bonchev–Trinajstić information content (AvgIpc) is 2.96. The van der Waals surface area contributed by atoms with Gasteiger partial charge in [-0.1, -0.05) is 0 Å². The van der Waals surface area contributed by atoms with Crippen molar-refractivity contribution in [3.8, 4) is 0 Å². The van der Waals surface area contributed by atoms with E-state index in [0.717, 1.165) is 0 Å². The van der Waals surface area contributed by atoms with Gasteiger partial charge in [0.2, 0.25) is 10.0 Å². The van der Waals surface area contributed by atoms with Crippen LogP contribution >= 0.6 is 0 Å². The Morgan fingerprint density at radius 1 is 1.48 bits per heavy atom. The molecule has 116 valence electrons. The number of nitrogens with one attached hydrogen (secondary N) is 1. The summed E-state index contributed by atoms with van der Waals surface area (Å²) in [6.45, 7) is 0.502. The molecular weight excluding hydrogens is 298 g/mol. The molecule has 21 heavy (non-hydrogen) atoms. The molecule has 1 heterocycles. The van der Waals surface area contributed by atoms with Crippen molar-refractivity contribution in [2.75, 3.05) is 32.6 Å². The van der Waals surface area contributed by atoms with E-state index in [2.05, 4.69) is 5.32 Å². The highest BCUT2D eigenvalue weighted by atomic mass is 32.2. The van der Waals surface area contributed by atoms with E-state index < -0.39 is 20.6 Å². The number of nitro groups is 1. The normalized spacial score (nSPS) is 19.6. The molecule has 1 N–H and O–H groups in total. The molecule has 8 nitrogen and oxygen atoms in total. The lowest BCUT2D eigenvalue weighted by Crippen LogP contribution is -2.30. The predicted molar refractivity (Wildman–Crippen MR) is 76.8 cm³/mol. The van der Waals surface area contributed by atoms with E-state index >= 15 is 0 Å². The number of sulfonamides is 1. The summed E-state index contributed by atoms with van der Waals surface area (Å²) in [4.78, 5) is 10.1. The number of nitrogens with zero attached hydrogens (tertiary/aromatic N) is 2. The number of anilines is 1. The molecule has 2 rings (SSSR count). The van der Waals surface area contributed by atoms with Crippen LogP contribution in [-0.4, -0.2) is 51.0 Å². The minimum absolute atomic E-state index is 0.175. The molecule has 1 atom stereocenters. The molecule has 0 aromatic heterocycles. The van der Waals surface area contributed by atoms with Crippen LogP contribution < -0.4 is 5.32 Å². The van der Waals surface area contributed by atoms with Crippen LogP contribution in [0.1, 0.15) is 6.42 Å². The van der Waals surface area contributed by atoms with Crippen molar-refractivity contribution in [1.82, 2.24) is 4.31 Å². The molecule has 0 saturated carbocycles. The summed E-state index contributed by atoms with van der Waals surface area (Å²) < 4.78 is 31.6. The van der Waals surface area contributed by atoms with E-state index in [9.17, 15) is 18.5 Å². The zero-order chi connectivity index (χ0) is 15.6. The Bertz CT molecular complexity index is 646. The van der Waals surface area contributed by atoms with Crippen LogP contribution in [-0.2, 0) is 14.8 Å². The zero-order valence-corrected chi connectivity index (χ0v) is 12.6. The van der Waals surface area contributed by atoms with Crippen molar-refractivity contribution in [2.45, 2.75) is 17.4 Å². The maximum Gasteiger partial charge on any atom is 0.289 e. The number of methoxy groups -OCH3 is 1. The van der Waals surface area contributed by atoms with Crippen molar-refractivity contribution in [1.29, 1.82) is 0 Å².